The first-order chi connectivity index (χ1) is 3.68. The van der Waals surface area contributed by atoms with Crippen molar-refractivity contribution in [3.63, 3.8) is 0 Å². The van der Waals surface area contributed by atoms with E-state index in [-0.39, 0.29) is 0 Å². The Morgan fingerprint density at radius 3 is 1.75 bits per heavy atom. The molecule has 0 aromatic rings. The molecule has 0 bridgehead atoms. The van der Waals surface area contributed by atoms with E-state index in [4.69, 9.17) is 25.3 Å². The summed E-state index contributed by atoms with van der Waals surface area (Å²) in [7, 11) is 0. The van der Waals surface area contributed by atoms with Crippen LogP contribution in [0.15, 0.2) is 5.34 Å². The minimum absolute atomic E-state index is 1.25. The zero-order valence-corrected chi connectivity index (χ0v) is 3.51. The Labute approximate surface area is 43.0 Å². The quantitative estimate of drug-likeness (QED) is 0.243. The minimum atomic E-state index is -1.69. The highest BCUT2D eigenvalue weighted by Gasteiger charge is 1.84. The minimum Gasteiger partial charge on any atom is -0.448 e. The summed E-state index contributed by atoms with van der Waals surface area (Å²) in [4.78, 5) is 19.7. The van der Waals surface area contributed by atoms with Gasteiger partial charge in [-0.1, -0.05) is 0 Å². The Kier molecular flexibility index (Phi) is 11.2. The third-order valence-electron chi connectivity index (χ3n) is 0.0781. The lowest BCUT2D eigenvalue weighted by atomic mass is 11.5. The largest absolute Gasteiger partial charge is 0.537 e. The molecule has 48 valence electrons. The van der Waals surface area contributed by atoms with Gasteiger partial charge in [0.25, 0.3) is 0 Å². The summed E-state index contributed by atoms with van der Waals surface area (Å²) in [5.41, 5.74) is 0. The topological polar surface area (TPSA) is 116 Å². The zero-order chi connectivity index (χ0) is 6.99. The van der Waals surface area contributed by atoms with Gasteiger partial charge < -0.3 is 10.3 Å². The van der Waals surface area contributed by atoms with Crippen molar-refractivity contribution in [3.05, 3.63) is 4.91 Å². The molecule has 0 aromatic carbocycles. The average molecular weight is 125 g/mol. The summed E-state index contributed by atoms with van der Waals surface area (Å²) < 4.78 is 0. The highest BCUT2D eigenvalue weighted by Crippen LogP contribution is 1.59. The molecule has 8 heavy (non-hydrogen) atoms. The molecule has 7 heteroatoms. The highest BCUT2D eigenvalue weighted by molar-refractivity contribution is 5.55. The molecule has 0 aromatic heterocycles. The Balaban J connectivity index is 0. The van der Waals surface area contributed by atoms with Crippen molar-refractivity contribution in [2.75, 3.05) is 0 Å². The number of hydrogen-bond donors (Lipinski definition) is 3. The van der Waals surface area contributed by atoms with Crippen LogP contribution in [0.2, 0.25) is 0 Å². The van der Waals surface area contributed by atoms with E-state index >= 15 is 0 Å². The van der Waals surface area contributed by atoms with E-state index in [1.807, 2.05) is 0 Å². The van der Waals surface area contributed by atoms with Crippen molar-refractivity contribution in [2.45, 2.75) is 0 Å². The van der Waals surface area contributed by atoms with Crippen molar-refractivity contribution >= 4 is 6.16 Å². The van der Waals surface area contributed by atoms with Crippen LogP contribution in [0, 0.1) is 4.91 Å². The second kappa shape index (κ2) is 9.16. The standard InChI is InChI=1S/CH2O4.HNO2/c2-1(3)5-4;2-1-3/h4H,(H,2,3);(H,2,3). The van der Waals surface area contributed by atoms with Crippen molar-refractivity contribution in [1.29, 1.82) is 0 Å². The SMILES string of the molecule is O=C(O)OO.O=NO. The van der Waals surface area contributed by atoms with Gasteiger partial charge in [-0.15, -0.1) is 4.91 Å². The molecule has 0 fully saturated rings. The Morgan fingerprint density at radius 1 is 1.62 bits per heavy atom. The maximum atomic E-state index is 8.90. The lowest BCUT2D eigenvalue weighted by Crippen LogP contribution is -1.91. The molecular formula is CH3NO6. The molecule has 0 heterocycles. The van der Waals surface area contributed by atoms with Crippen molar-refractivity contribution in [1.82, 2.24) is 0 Å². The fourth-order valence-electron chi connectivity index (χ4n) is 0. The average Bonchev–Trinajstić information content (AvgIpc) is 1.69. The smallest absolute Gasteiger partial charge is 0.448 e. The Hall–Kier alpha value is -1.37. The first kappa shape index (κ1) is 9.80. The van der Waals surface area contributed by atoms with Crippen LogP contribution in [0.5, 0.6) is 0 Å². The van der Waals surface area contributed by atoms with E-state index in [1.165, 1.54) is 5.34 Å². The van der Waals surface area contributed by atoms with Gasteiger partial charge in [0, 0.05) is 0 Å². The Bertz CT molecular complexity index is 68.9. The molecule has 0 aliphatic heterocycles. The second-order valence-electron chi connectivity index (χ2n) is 0.439. The summed E-state index contributed by atoms with van der Waals surface area (Å²) in [6.07, 6.45) is -1.69. The van der Waals surface area contributed by atoms with E-state index in [1.54, 1.807) is 0 Å². The number of hydrogen-bond acceptors (Lipinski definition) is 5. The first-order valence-electron chi connectivity index (χ1n) is 1.20. The first-order valence-corrected chi connectivity index (χ1v) is 1.20. The van der Waals surface area contributed by atoms with Gasteiger partial charge in [-0.3, -0.25) is 4.89 Å². The third kappa shape index (κ3) is 154. The zero-order valence-electron chi connectivity index (χ0n) is 3.51. The molecule has 0 aliphatic carbocycles. The number of rotatable bonds is 0. The van der Waals surface area contributed by atoms with Crippen LogP contribution in [-0.4, -0.2) is 21.7 Å². The molecule has 0 saturated heterocycles. The predicted octanol–water partition coefficient (Wildman–Crippen LogP) is 0.296. The number of carbonyl (C=O) groups is 1. The van der Waals surface area contributed by atoms with Crippen LogP contribution in [0.4, 0.5) is 4.79 Å². The number of carboxylic acid groups (broad SMARTS) is 1. The van der Waals surface area contributed by atoms with Gasteiger partial charge in [0.05, 0.1) is 0 Å². The second-order valence-corrected chi connectivity index (χ2v) is 0.439. The lowest BCUT2D eigenvalue weighted by molar-refractivity contribution is -0.194. The fourth-order valence-corrected chi connectivity index (χ4v) is 0. The van der Waals surface area contributed by atoms with E-state index in [0.29, 0.717) is 0 Å². The van der Waals surface area contributed by atoms with Crippen LogP contribution in [0.1, 0.15) is 0 Å². The summed E-state index contributed by atoms with van der Waals surface area (Å²) in [6.45, 7) is 0. The third-order valence-corrected chi connectivity index (χ3v) is 0.0781. The van der Waals surface area contributed by atoms with E-state index in [9.17, 15) is 0 Å². The van der Waals surface area contributed by atoms with E-state index < -0.39 is 6.16 Å². The molecule has 0 spiro atoms. The van der Waals surface area contributed by atoms with Gasteiger partial charge in [0.2, 0.25) is 0 Å². The fraction of sp³-hybridized carbons (Fsp3) is 0. The molecule has 0 saturated carbocycles. The van der Waals surface area contributed by atoms with Crippen LogP contribution in [-0.2, 0) is 4.89 Å². The summed E-state index contributed by atoms with van der Waals surface area (Å²) in [5.74, 6) is 0. The van der Waals surface area contributed by atoms with E-state index in [2.05, 4.69) is 4.89 Å². The predicted molar refractivity (Wildman–Crippen MR) is 19.3 cm³/mol. The van der Waals surface area contributed by atoms with Crippen LogP contribution in [0.25, 0.3) is 0 Å². The summed E-state index contributed by atoms with van der Waals surface area (Å²) >= 11 is 0. The van der Waals surface area contributed by atoms with Gasteiger partial charge in [0.15, 0.2) is 5.34 Å². The molecule has 7 nitrogen and oxygen atoms in total. The molecule has 3 N–H and O–H groups in total. The monoisotopic (exact) mass is 125 g/mol. The Morgan fingerprint density at radius 2 is 1.75 bits per heavy atom. The summed E-state index contributed by atoms with van der Waals surface area (Å²) in [6, 6.07) is 0. The number of nitrogens with zero attached hydrogens (tertiary/aromatic N) is 1. The van der Waals surface area contributed by atoms with Gasteiger partial charge in [-0.05, 0) is 0 Å². The van der Waals surface area contributed by atoms with Gasteiger partial charge >= 0.3 is 6.16 Å². The maximum Gasteiger partial charge on any atom is 0.537 e. The molecular weight excluding hydrogens is 122 g/mol. The molecule has 0 radical (unpaired) electrons. The van der Waals surface area contributed by atoms with Crippen molar-refractivity contribution in [3.8, 4) is 0 Å². The lowest BCUT2D eigenvalue weighted by Gasteiger charge is -1.75. The summed E-state index contributed by atoms with van der Waals surface area (Å²) in [5, 5.41) is 22.2. The van der Waals surface area contributed by atoms with Crippen molar-refractivity contribution in [2.24, 2.45) is 5.34 Å². The molecule has 0 atom stereocenters. The van der Waals surface area contributed by atoms with Crippen LogP contribution in [0.3, 0.4) is 0 Å². The van der Waals surface area contributed by atoms with Gasteiger partial charge in [-0.2, -0.15) is 5.26 Å². The van der Waals surface area contributed by atoms with Gasteiger partial charge in [-0.25, -0.2) is 4.79 Å². The van der Waals surface area contributed by atoms with Crippen molar-refractivity contribution < 1.29 is 25.3 Å². The molecule has 0 aliphatic rings. The molecule has 0 unspecified atom stereocenters. The maximum absolute atomic E-state index is 8.90. The van der Waals surface area contributed by atoms with Crippen LogP contribution >= 0.6 is 0 Å². The van der Waals surface area contributed by atoms with Crippen LogP contribution < -0.4 is 0 Å². The normalized spacial score (nSPS) is 5.62. The molecule has 0 rings (SSSR count). The highest BCUT2D eigenvalue weighted by atomic mass is 17.1. The van der Waals surface area contributed by atoms with E-state index in [0.717, 1.165) is 0 Å². The van der Waals surface area contributed by atoms with Gasteiger partial charge in [0.1, 0.15) is 0 Å². The molecule has 0 amide bonds.